The van der Waals surface area contributed by atoms with Crippen molar-refractivity contribution in [2.75, 3.05) is 0 Å². The second kappa shape index (κ2) is 8.73. The number of furan rings is 2. The van der Waals surface area contributed by atoms with E-state index in [0.717, 1.165) is 77.3 Å². The quantitative estimate of drug-likeness (QED) is 0.237. The first-order chi connectivity index (χ1) is 19.7. The van der Waals surface area contributed by atoms with Crippen LogP contribution in [0.15, 0.2) is 136 Å². The number of rotatable bonds is 3. The Bertz CT molecular complexity index is 2280. The van der Waals surface area contributed by atoms with Crippen molar-refractivity contribution in [3.8, 4) is 39.4 Å². The molecule has 8 aromatic rings. The van der Waals surface area contributed by atoms with E-state index in [0.29, 0.717) is 5.56 Å². The molecule has 3 heteroatoms. The highest BCUT2D eigenvalue weighted by atomic mass is 16.3. The fourth-order valence-corrected chi connectivity index (χ4v) is 5.77. The summed E-state index contributed by atoms with van der Waals surface area (Å²) in [7, 11) is 0. The van der Waals surface area contributed by atoms with Crippen LogP contribution in [0.2, 0.25) is 0 Å². The van der Waals surface area contributed by atoms with Gasteiger partial charge in [0.05, 0.1) is 11.6 Å². The topological polar surface area (TPSA) is 50.1 Å². The maximum atomic E-state index is 9.32. The molecule has 0 fully saturated rings. The highest BCUT2D eigenvalue weighted by Gasteiger charge is 2.15. The molecular formula is C37H21NO2. The third kappa shape index (κ3) is 3.51. The van der Waals surface area contributed by atoms with E-state index >= 15 is 0 Å². The first kappa shape index (κ1) is 22.4. The summed E-state index contributed by atoms with van der Waals surface area (Å²) < 4.78 is 12.4. The van der Waals surface area contributed by atoms with Crippen molar-refractivity contribution in [2.45, 2.75) is 0 Å². The Labute approximate surface area is 230 Å². The number of nitrogens with zero attached hydrogens (tertiary/aromatic N) is 1. The van der Waals surface area contributed by atoms with Gasteiger partial charge in [0.1, 0.15) is 22.3 Å². The molecule has 8 rings (SSSR count). The third-order valence-electron chi connectivity index (χ3n) is 7.71. The predicted octanol–water partition coefficient (Wildman–Crippen LogP) is 10.4. The fourth-order valence-electron chi connectivity index (χ4n) is 5.77. The van der Waals surface area contributed by atoms with Crippen molar-refractivity contribution in [1.29, 1.82) is 5.26 Å². The fraction of sp³-hybridized carbons (Fsp3) is 0. The summed E-state index contributed by atoms with van der Waals surface area (Å²) in [4.78, 5) is 0. The Kier molecular flexibility index (Phi) is 4.89. The zero-order valence-electron chi connectivity index (χ0n) is 21.4. The van der Waals surface area contributed by atoms with Crippen LogP contribution in [-0.2, 0) is 0 Å². The van der Waals surface area contributed by atoms with Crippen LogP contribution < -0.4 is 0 Å². The van der Waals surface area contributed by atoms with Gasteiger partial charge in [0.2, 0.25) is 0 Å². The summed E-state index contributed by atoms with van der Waals surface area (Å²) >= 11 is 0. The van der Waals surface area contributed by atoms with Gasteiger partial charge < -0.3 is 8.83 Å². The Morgan fingerprint density at radius 1 is 0.425 bits per heavy atom. The molecule has 186 valence electrons. The van der Waals surface area contributed by atoms with E-state index in [1.807, 2.05) is 60.7 Å². The van der Waals surface area contributed by atoms with E-state index in [4.69, 9.17) is 8.83 Å². The number of nitriles is 1. The summed E-state index contributed by atoms with van der Waals surface area (Å²) in [6.07, 6.45) is 0. The maximum absolute atomic E-state index is 9.32. The van der Waals surface area contributed by atoms with Gasteiger partial charge in [-0.15, -0.1) is 0 Å². The summed E-state index contributed by atoms with van der Waals surface area (Å²) in [5.74, 6) is 0. The molecule has 0 bridgehead atoms. The van der Waals surface area contributed by atoms with Crippen LogP contribution in [-0.4, -0.2) is 0 Å². The lowest BCUT2D eigenvalue weighted by Gasteiger charge is -2.12. The van der Waals surface area contributed by atoms with E-state index in [1.54, 1.807) is 0 Å². The molecule has 6 aromatic carbocycles. The lowest BCUT2D eigenvalue weighted by atomic mass is 9.91. The van der Waals surface area contributed by atoms with Gasteiger partial charge >= 0.3 is 0 Å². The minimum atomic E-state index is 0.644. The maximum Gasteiger partial charge on any atom is 0.136 e. The molecule has 0 aliphatic rings. The Morgan fingerprint density at radius 2 is 1.02 bits per heavy atom. The molecule has 40 heavy (non-hydrogen) atoms. The lowest BCUT2D eigenvalue weighted by Crippen LogP contribution is -1.87. The van der Waals surface area contributed by atoms with Crippen LogP contribution in [0.1, 0.15) is 5.56 Å². The van der Waals surface area contributed by atoms with Crippen LogP contribution in [0.25, 0.3) is 77.3 Å². The molecule has 0 aliphatic carbocycles. The van der Waals surface area contributed by atoms with E-state index in [2.05, 4.69) is 72.8 Å². The predicted molar refractivity (Wildman–Crippen MR) is 162 cm³/mol. The second-order valence-electron chi connectivity index (χ2n) is 10.1. The molecule has 2 heterocycles. The van der Waals surface area contributed by atoms with Crippen LogP contribution in [0, 0.1) is 11.3 Å². The van der Waals surface area contributed by atoms with Crippen LogP contribution in [0.5, 0.6) is 0 Å². The Hall–Kier alpha value is -5.59. The average Bonchev–Trinajstić information content (AvgIpc) is 3.59. The minimum absolute atomic E-state index is 0.644. The third-order valence-corrected chi connectivity index (χ3v) is 7.71. The van der Waals surface area contributed by atoms with E-state index < -0.39 is 0 Å². The van der Waals surface area contributed by atoms with E-state index in [1.165, 1.54) is 0 Å². The van der Waals surface area contributed by atoms with Crippen molar-refractivity contribution >= 4 is 43.9 Å². The van der Waals surface area contributed by atoms with Gasteiger partial charge in [-0.2, -0.15) is 5.26 Å². The second-order valence-corrected chi connectivity index (χ2v) is 10.1. The molecule has 0 unspecified atom stereocenters. The molecule has 0 saturated carbocycles. The van der Waals surface area contributed by atoms with Crippen molar-refractivity contribution in [2.24, 2.45) is 0 Å². The van der Waals surface area contributed by atoms with Crippen molar-refractivity contribution in [3.05, 3.63) is 133 Å². The summed E-state index contributed by atoms with van der Waals surface area (Å²) in [5.41, 5.74) is 10.6. The number of fused-ring (bicyclic) bond motifs is 6. The van der Waals surface area contributed by atoms with Gasteiger partial charge in [0.15, 0.2) is 0 Å². The first-order valence-electron chi connectivity index (χ1n) is 13.2. The zero-order chi connectivity index (χ0) is 26.6. The number of hydrogen-bond donors (Lipinski definition) is 0. The first-order valence-corrected chi connectivity index (χ1v) is 13.2. The smallest absolute Gasteiger partial charge is 0.136 e. The number of para-hydroxylation sites is 2. The average molecular weight is 512 g/mol. The molecule has 0 atom stereocenters. The molecule has 0 N–H and O–H groups in total. The van der Waals surface area contributed by atoms with Gasteiger partial charge in [0.25, 0.3) is 0 Å². The van der Waals surface area contributed by atoms with Crippen molar-refractivity contribution in [3.63, 3.8) is 0 Å². The summed E-state index contributed by atoms with van der Waals surface area (Å²) in [6, 6.07) is 45.7. The molecule has 2 aromatic heterocycles. The zero-order valence-corrected chi connectivity index (χ0v) is 21.4. The van der Waals surface area contributed by atoms with E-state index in [-0.39, 0.29) is 0 Å². The Morgan fingerprint density at radius 3 is 1.82 bits per heavy atom. The molecule has 0 aliphatic heterocycles. The highest BCUT2D eigenvalue weighted by Crippen LogP contribution is 2.40. The molecule has 0 radical (unpaired) electrons. The van der Waals surface area contributed by atoms with Gasteiger partial charge in [-0.1, -0.05) is 66.7 Å². The molecule has 3 nitrogen and oxygen atoms in total. The summed E-state index contributed by atoms with van der Waals surface area (Å²) in [5, 5.41) is 13.8. The van der Waals surface area contributed by atoms with Gasteiger partial charge in [-0.3, -0.25) is 0 Å². The lowest BCUT2D eigenvalue weighted by molar-refractivity contribution is 0.668. The largest absolute Gasteiger partial charge is 0.456 e. The standard InChI is InChI=1S/C37H21NO2/c38-22-23-12-14-24(15-13-23)26-18-27(25-16-17-31-30-6-1-3-9-33(30)40-36(31)21-25)20-28(19-26)29-8-5-11-35-37(29)32-7-2-4-10-34(32)39-35/h1-21H. The molecule has 0 amide bonds. The highest BCUT2D eigenvalue weighted by molar-refractivity contribution is 6.13. The normalized spacial score (nSPS) is 11.5. The monoisotopic (exact) mass is 511 g/mol. The van der Waals surface area contributed by atoms with Gasteiger partial charge in [-0.25, -0.2) is 0 Å². The Balaban J connectivity index is 1.38. The van der Waals surface area contributed by atoms with Crippen LogP contribution in [0.3, 0.4) is 0 Å². The van der Waals surface area contributed by atoms with E-state index in [9.17, 15) is 5.26 Å². The van der Waals surface area contributed by atoms with Crippen LogP contribution >= 0.6 is 0 Å². The van der Waals surface area contributed by atoms with Crippen molar-refractivity contribution < 1.29 is 8.83 Å². The minimum Gasteiger partial charge on any atom is -0.456 e. The van der Waals surface area contributed by atoms with Crippen molar-refractivity contribution in [1.82, 2.24) is 0 Å². The van der Waals surface area contributed by atoms with Crippen LogP contribution in [0.4, 0.5) is 0 Å². The summed E-state index contributed by atoms with van der Waals surface area (Å²) in [6.45, 7) is 0. The molecule has 0 spiro atoms. The SMILES string of the molecule is N#Cc1ccc(-c2cc(-c3ccc4c(c3)oc3ccccc34)cc(-c3cccc4oc5ccccc5c34)c2)cc1. The molecule has 0 saturated heterocycles. The van der Waals surface area contributed by atoms with Gasteiger partial charge in [0, 0.05) is 21.5 Å². The number of hydrogen-bond acceptors (Lipinski definition) is 3. The molecular weight excluding hydrogens is 490 g/mol. The van der Waals surface area contributed by atoms with Gasteiger partial charge in [-0.05, 0) is 94.0 Å². The number of benzene rings is 6.